The summed E-state index contributed by atoms with van der Waals surface area (Å²) in [6.07, 6.45) is 1.61. The molecule has 1 aromatic rings. The van der Waals surface area contributed by atoms with Crippen molar-refractivity contribution in [3.05, 3.63) is 41.5 Å². The smallest absolute Gasteiger partial charge is 0.332 e. The van der Waals surface area contributed by atoms with Crippen molar-refractivity contribution in [1.29, 1.82) is 0 Å². The summed E-state index contributed by atoms with van der Waals surface area (Å²) in [6.45, 7) is 4.18. The molecule has 4 nitrogen and oxygen atoms in total. The minimum Gasteiger partial charge on any atom is -0.478 e. The number of anilines is 1. The molecule has 0 amide bonds. The maximum atomic E-state index is 10.9. The topological polar surface area (TPSA) is 75.3 Å². The Morgan fingerprint density at radius 2 is 2.06 bits per heavy atom. The van der Waals surface area contributed by atoms with Gasteiger partial charge in [-0.3, -0.25) is 0 Å². The Morgan fingerprint density at radius 1 is 1.47 bits per heavy atom. The van der Waals surface area contributed by atoms with E-state index in [9.17, 15) is 4.79 Å². The molecule has 0 fully saturated rings. The van der Waals surface area contributed by atoms with Gasteiger partial charge in [0.05, 0.1) is 0 Å². The number of carboxylic acids is 1. The van der Waals surface area contributed by atoms with Gasteiger partial charge >= 0.3 is 5.97 Å². The first-order chi connectivity index (χ1) is 8.04. The Morgan fingerprint density at radius 3 is 2.53 bits per heavy atom. The first-order valence-electron chi connectivity index (χ1n) is 5.52. The Balaban J connectivity index is 2.56. The third kappa shape index (κ3) is 3.92. The zero-order chi connectivity index (χ0) is 12.8. The summed E-state index contributed by atoms with van der Waals surface area (Å²) in [6, 6.07) is 7.32. The minimum atomic E-state index is -0.884. The lowest BCUT2D eigenvalue weighted by molar-refractivity contribution is -0.133. The predicted octanol–water partition coefficient (Wildman–Crippen LogP) is 1.78. The van der Waals surface area contributed by atoms with Crippen molar-refractivity contribution in [3.8, 4) is 0 Å². The molecule has 0 radical (unpaired) electrons. The molecule has 92 valence electrons. The maximum Gasteiger partial charge on any atom is 0.332 e. The van der Waals surface area contributed by atoms with Crippen LogP contribution in [0.3, 0.4) is 0 Å². The van der Waals surface area contributed by atoms with Crippen LogP contribution in [0, 0.1) is 0 Å². The highest BCUT2D eigenvalue weighted by atomic mass is 16.4. The third-order valence-corrected chi connectivity index (χ3v) is 2.62. The first-order valence-corrected chi connectivity index (χ1v) is 5.52. The molecular weight excluding hydrogens is 216 g/mol. The number of nitrogens with two attached hydrogens (primary N) is 1. The molecule has 0 saturated heterocycles. The lowest BCUT2D eigenvalue weighted by Crippen LogP contribution is -2.30. The number of carboxylic acid groups (broad SMARTS) is 1. The Kier molecular flexibility index (Phi) is 4.72. The number of hydrogen-bond donors (Lipinski definition) is 3. The molecule has 0 aliphatic carbocycles. The van der Waals surface area contributed by atoms with Crippen molar-refractivity contribution < 1.29 is 9.90 Å². The molecule has 17 heavy (non-hydrogen) atoms. The monoisotopic (exact) mass is 234 g/mol. The summed E-state index contributed by atoms with van der Waals surface area (Å²) in [7, 11) is 0. The molecular formula is C13H18N2O2. The molecule has 0 spiro atoms. The summed E-state index contributed by atoms with van der Waals surface area (Å²) in [5.74, 6) is -0.884. The predicted molar refractivity (Wildman–Crippen MR) is 68.5 cm³/mol. The highest BCUT2D eigenvalue weighted by Crippen LogP contribution is 2.07. The molecule has 0 heterocycles. The van der Waals surface area contributed by atoms with Crippen LogP contribution in [0.25, 0.3) is 0 Å². The zero-order valence-electron chi connectivity index (χ0n) is 10.1. The van der Waals surface area contributed by atoms with E-state index in [1.54, 1.807) is 13.0 Å². The molecule has 1 aromatic carbocycles. The fourth-order valence-corrected chi connectivity index (χ4v) is 1.58. The maximum absolute atomic E-state index is 10.9. The summed E-state index contributed by atoms with van der Waals surface area (Å²) >= 11 is 0. The van der Waals surface area contributed by atoms with Crippen LogP contribution >= 0.6 is 0 Å². The SMILES string of the molecule is C/C=C(\C(=O)O)C(C)NCc1ccc(N)cc1. The van der Waals surface area contributed by atoms with Crippen LogP contribution in [0.2, 0.25) is 0 Å². The van der Waals surface area contributed by atoms with Gasteiger partial charge < -0.3 is 16.2 Å². The van der Waals surface area contributed by atoms with Gasteiger partial charge in [-0.05, 0) is 31.5 Å². The first kappa shape index (κ1) is 13.3. The van der Waals surface area contributed by atoms with E-state index < -0.39 is 5.97 Å². The van der Waals surface area contributed by atoms with Gasteiger partial charge in [0.1, 0.15) is 0 Å². The van der Waals surface area contributed by atoms with Crippen molar-refractivity contribution in [1.82, 2.24) is 5.32 Å². The van der Waals surface area contributed by atoms with Crippen LogP contribution < -0.4 is 11.1 Å². The second-order valence-corrected chi connectivity index (χ2v) is 3.89. The number of nitrogens with one attached hydrogen (secondary N) is 1. The molecule has 1 unspecified atom stereocenters. The number of rotatable bonds is 5. The summed E-state index contributed by atoms with van der Waals surface area (Å²) < 4.78 is 0. The van der Waals surface area contributed by atoms with E-state index in [4.69, 9.17) is 10.8 Å². The molecule has 0 saturated carbocycles. The van der Waals surface area contributed by atoms with Crippen LogP contribution in [0.1, 0.15) is 19.4 Å². The van der Waals surface area contributed by atoms with Gasteiger partial charge in [0.2, 0.25) is 0 Å². The van der Waals surface area contributed by atoms with E-state index in [-0.39, 0.29) is 6.04 Å². The van der Waals surface area contributed by atoms with Gasteiger partial charge in [-0.25, -0.2) is 4.79 Å². The van der Waals surface area contributed by atoms with E-state index in [0.717, 1.165) is 11.3 Å². The second-order valence-electron chi connectivity index (χ2n) is 3.89. The Bertz CT molecular complexity index is 410. The number of aliphatic carboxylic acids is 1. The quantitative estimate of drug-likeness (QED) is 0.536. The fourth-order valence-electron chi connectivity index (χ4n) is 1.58. The minimum absolute atomic E-state index is 0.185. The second kappa shape index (κ2) is 6.06. The standard InChI is InChI=1S/C13H18N2O2/c1-3-12(13(16)17)9(2)15-8-10-4-6-11(14)7-5-10/h3-7,9,15H,8,14H2,1-2H3,(H,16,17)/b12-3-. The van der Waals surface area contributed by atoms with E-state index in [1.807, 2.05) is 31.2 Å². The normalized spacial score (nSPS) is 13.4. The Labute approximate surface area is 101 Å². The van der Waals surface area contributed by atoms with Crippen molar-refractivity contribution in [2.45, 2.75) is 26.4 Å². The molecule has 1 rings (SSSR count). The van der Waals surface area contributed by atoms with Crippen LogP contribution in [0.15, 0.2) is 35.9 Å². The molecule has 0 aromatic heterocycles. The third-order valence-electron chi connectivity index (χ3n) is 2.62. The van der Waals surface area contributed by atoms with Crippen molar-refractivity contribution in [2.24, 2.45) is 0 Å². The highest BCUT2D eigenvalue weighted by molar-refractivity contribution is 5.87. The van der Waals surface area contributed by atoms with Gasteiger partial charge in [0.25, 0.3) is 0 Å². The zero-order valence-corrected chi connectivity index (χ0v) is 10.1. The number of benzene rings is 1. The average molecular weight is 234 g/mol. The van der Waals surface area contributed by atoms with Gasteiger partial charge in [-0.2, -0.15) is 0 Å². The molecule has 1 atom stereocenters. The largest absolute Gasteiger partial charge is 0.478 e. The van der Waals surface area contributed by atoms with Gasteiger partial charge in [-0.1, -0.05) is 18.2 Å². The van der Waals surface area contributed by atoms with Crippen molar-refractivity contribution in [2.75, 3.05) is 5.73 Å². The number of hydrogen-bond acceptors (Lipinski definition) is 3. The van der Waals surface area contributed by atoms with E-state index in [2.05, 4.69) is 5.32 Å². The summed E-state index contributed by atoms with van der Waals surface area (Å²) in [5.41, 5.74) is 7.76. The number of carbonyl (C=O) groups is 1. The summed E-state index contributed by atoms with van der Waals surface area (Å²) in [5, 5.41) is 12.1. The van der Waals surface area contributed by atoms with E-state index in [0.29, 0.717) is 12.1 Å². The van der Waals surface area contributed by atoms with Crippen LogP contribution in [-0.4, -0.2) is 17.1 Å². The van der Waals surface area contributed by atoms with Crippen molar-refractivity contribution >= 4 is 11.7 Å². The molecule has 0 aliphatic rings. The molecule has 4 heteroatoms. The van der Waals surface area contributed by atoms with Crippen molar-refractivity contribution in [3.63, 3.8) is 0 Å². The lowest BCUT2D eigenvalue weighted by Gasteiger charge is -2.14. The van der Waals surface area contributed by atoms with Gasteiger partial charge in [-0.15, -0.1) is 0 Å². The Hall–Kier alpha value is -1.81. The van der Waals surface area contributed by atoms with Gasteiger partial charge in [0, 0.05) is 23.8 Å². The van der Waals surface area contributed by atoms with Crippen LogP contribution in [0.5, 0.6) is 0 Å². The molecule has 0 bridgehead atoms. The molecule has 4 N–H and O–H groups in total. The fraction of sp³-hybridized carbons (Fsp3) is 0.308. The lowest BCUT2D eigenvalue weighted by atomic mass is 10.1. The number of nitrogen functional groups attached to an aromatic ring is 1. The van der Waals surface area contributed by atoms with E-state index >= 15 is 0 Å². The van der Waals surface area contributed by atoms with E-state index in [1.165, 1.54) is 0 Å². The highest BCUT2D eigenvalue weighted by Gasteiger charge is 2.13. The van der Waals surface area contributed by atoms with Crippen LogP contribution in [-0.2, 0) is 11.3 Å². The van der Waals surface area contributed by atoms with Gasteiger partial charge in [0.15, 0.2) is 0 Å². The number of allylic oxidation sites excluding steroid dienone is 1. The molecule has 0 aliphatic heterocycles. The van der Waals surface area contributed by atoms with Crippen LogP contribution in [0.4, 0.5) is 5.69 Å². The average Bonchev–Trinajstić information content (AvgIpc) is 2.28. The summed E-state index contributed by atoms with van der Waals surface area (Å²) in [4.78, 5) is 10.9.